The van der Waals surface area contributed by atoms with Crippen LogP contribution in [0.5, 0.6) is 11.5 Å². The molecule has 0 aliphatic carbocycles. The number of benzene rings is 1. The number of sulfonamides is 1. The molecule has 1 saturated heterocycles. The Morgan fingerprint density at radius 3 is 2.80 bits per heavy atom. The molecule has 3 rings (SSSR count). The van der Waals surface area contributed by atoms with E-state index >= 15 is 0 Å². The van der Waals surface area contributed by atoms with Crippen LogP contribution in [0.25, 0.3) is 0 Å². The number of piperidine rings is 1. The molecule has 1 atom stereocenters. The smallest absolute Gasteiger partial charge is 0.231 e. The molecule has 0 aromatic heterocycles. The zero-order valence-corrected chi connectivity index (χ0v) is 15.4. The van der Waals surface area contributed by atoms with Gasteiger partial charge in [-0.1, -0.05) is 13.0 Å². The molecule has 0 bridgehead atoms. The van der Waals surface area contributed by atoms with E-state index in [2.05, 4.69) is 11.6 Å². The Morgan fingerprint density at radius 2 is 2.04 bits per heavy atom. The average molecular weight is 368 g/mol. The fraction of sp³-hybridized carbons (Fsp3) is 0.588. The van der Waals surface area contributed by atoms with Crippen LogP contribution in [-0.4, -0.2) is 51.9 Å². The number of hydrogen-bond donors (Lipinski definition) is 1. The quantitative estimate of drug-likeness (QED) is 0.814. The van der Waals surface area contributed by atoms with Crippen molar-refractivity contribution in [2.45, 2.75) is 26.2 Å². The molecule has 2 aliphatic rings. The van der Waals surface area contributed by atoms with Gasteiger partial charge in [0.05, 0.1) is 5.75 Å². The van der Waals surface area contributed by atoms with E-state index in [0.717, 1.165) is 29.9 Å². The fourth-order valence-corrected chi connectivity index (χ4v) is 4.08. The molecule has 7 nitrogen and oxygen atoms in total. The second kappa shape index (κ2) is 6.84. The molecule has 0 saturated carbocycles. The van der Waals surface area contributed by atoms with Gasteiger partial charge in [0.1, 0.15) is 0 Å². The Morgan fingerprint density at radius 1 is 1.28 bits per heavy atom. The van der Waals surface area contributed by atoms with Crippen LogP contribution in [0.1, 0.15) is 25.3 Å². The first-order valence-electron chi connectivity index (χ1n) is 8.38. The van der Waals surface area contributed by atoms with Crippen LogP contribution in [0.3, 0.4) is 0 Å². The monoisotopic (exact) mass is 368 g/mol. The van der Waals surface area contributed by atoms with E-state index in [4.69, 9.17) is 9.47 Å². The van der Waals surface area contributed by atoms with Crippen molar-refractivity contribution in [3.8, 4) is 11.5 Å². The van der Waals surface area contributed by atoms with Crippen molar-refractivity contribution >= 4 is 15.9 Å². The SMILES string of the molecule is CNS(=O)(=O)CCN1C[C@@](C)(Cc2ccc3c(c2)OCO3)CCC1=O. The summed E-state index contributed by atoms with van der Waals surface area (Å²) in [7, 11) is -1.93. The van der Waals surface area contributed by atoms with E-state index in [9.17, 15) is 13.2 Å². The minimum absolute atomic E-state index is 0.0227. The van der Waals surface area contributed by atoms with Crippen molar-refractivity contribution in [1.29, 1.82) is 0 Å². The Balaban J connectivity index is 1.67. The predicted molar refractivity (Wildman–Crippen MR) is 93.0 cm³/mol. The summed E-state index contributed by atoms with van der Waals surface area (Å²) in [5.74, 6) is 1.46. The number of rotatable bonds is 6. The molecule has 1 N–H and O–H groups in total. The van der Waals surface area contributed by atoms with Gasteiger partial charge < -0.3 is 14.4 Å². The summed E-state index contributed by atoms with van der Waals surface area (Å²) in [6.07, 6.45) is 2.03. The Hall–Kier alpha value is -1.80. The number of ether oxygens (including phenoxy) is 2. The van der Waals surface area contributed by atoms with Crippen LogP contribution in [0.4, 0.5) is 0 Å². The van der Waals surface area contributed by atoms with E-state index in [1.165, 1.54) is 7.05 Å². The second-order valence-corrected chi connectivity index (χ2v) is 9.06. The van der Waals surface area contributed by atoms with Crippen LogP contribution in [0.2, 0.25) is 0 Å². The highest BCUT2D eigenvalue weighted by Crippen LogP contribution is 2.37. The normalized spacial score (nSPS) is 23.1. The van der Waals surface area contributed by atoms with Crippen molar-refractivity contribution < 1.29 is 22.7 Å². The van der Waals surface area contributed by atoms with Gasteiger partial charge in [0.2, 0.25) is 22.7 Å². The summed E-state index contributed by atoms with van der Waals surface area (Å²) in [5, 5.41) is 0. The average Bonchev–Trinajstić information content (AvgIpc) is 3.03. The summed E-state index contributed by atoms with van der Waals surface area (Å²) in [4.78, 5) is 13.8. The minimum atomic E-state index is -3.32. The van der Waals surface area contributed by atoms with Crippen LogP contribution < -0.4 is 14.2 Å². The van der Waals surface area contributed by atoms with Gasteiger partial charge in [-0.15, -0.1) is 0 Å². The van der Waals surface area contributed by atoms with Crippen molar-refractivity contribution in [3.63, 3.8) is 0 Å². The van der Waals surface area contributed by atoms with E-state index in [0.29, 0.717) is 13.0 Å². The molecule has 2 aliphatic heterocycles. The minimum Gasteiger partial charge on any atom is -0.454 e. The standard InChI is InChI=1S/C17H24N2O5S/c1-17(10-13-3-4-14-15(9-13)24-12-23-14)6-5-16(20)19(11-17)7-8-25(21,22)18-2/h3-4,9,18H,5-8,10-12H2,1-2H3/t17-/m1/s1. The molecule has 0 spiro atoms. The zero-order valence-electron chi connectivity index (χ0n) is 14.6. The molecule has 25 heavy (non-hydrogen) atoms. The van der Waals surface area contributed by atoms with Crippen LogP contribution in [-0.2, 0) is 21.2 Å². The molecular weight excluding hydrogens is 344 g/mol. The molecule has 1 amide bonds. The third-order valence-electron chi connectivity index (χ3n) is 4.88. The van der Waals surface area contributed by atoms with E-state index in [-0.39, 0.29) is 30.4 Å². The Bertz CT molecular complexity index is 764. The third-order valence-corrected chi connectivity index (χ3v) is 6.22. The van der Waals surface area contributed by atoms with Gasteiger partial charge in [0, 0.05) is 19.5 Å². The van der Waals surface area contributed by atoms with Gasteiger partial charge in [-0.2, -0.15) is 0 Å². The summed E-state index contributed by atoms with van der Waals surface area (Å²) < 4.78 is 36.3. The molecule has 2 heterocycles. The fourth-order valence-electron chi connectivity index (χ4n) is 3.42. The highest BCUT2D eigenvalue weighted by molar-refractivity contribution is 7.89. The third kappa shape index (κ3) is 4.24. The van der Waals surface area contributed by atoms with Crippen molar-refractivity contribution in [1.82, 2.24) is 9.62 Å². The van der Waals surface area contributed by atoms with Gasteiger partial charge in [-0.25, -0.2) is 13.1 Å². The number of hydrogen-bond acceptors (Lipinski definition) is 5. The first-order valence-corrected chi connectivity index (χ1v) is 10.0. The highest BCUT2D eigenvalue weighted by atomic mass is 32.2. The molecule has 138 valence electrons. The van der Waals surface area contributed by atoms with Crippen molar-refractivity contribution in [3.05, 3.63) is 23.8 Å². The molecule has 1 aromatic rings. The van der Waals surface area contributed by atoms with Gasteiger partial charge in [-0.05, 0) is 43.0 Å². The van der Waals surface area contributed by atoms with Gasteiger partial charge in [-0.3, -0.25) is 4.79 Å². The van der Waals surface area contributed by atoms with E-state index < -0.39 is 10.0 Å². The molecular formula is C17H24N2O5S. The number of nitrogens with one attached hydrogen (secondary N) is 1. The number of likely N-dealkylation sites (tertiary alicyclic amines) is 1. The lowest BCUT2D eigenvalue weighted by atomic mass is 9.76. The zero-order chi connectivity index (χ0) is 18.1. The lowest BCUT2D eigenvalue weighted by Crippen LogP contribution is -2.48. The Kier molecular flexibility index (Phi) is 4.92. The lowest BCUT2D eigenvalue weighted by Gasteiger charge is -2.40. The summed E-state index contributed by atoms with van der Waals surface area (Å²) >= 11 is 0. The summed E-state index contributed by atoms with van der Waals surface area (Å²) in [6.45, 7) is 3.17. The maximum Gasteiger partial charge on any atom is 0.231 e. The van der Waals surface area contributed by atoms with Gasteiger partial charge in [0.15, 0.2) is 11.5 Å². The predicted octanol–water partition coefficient (Wildman–Crippen LogP) is 1.14. The molecule has 0 radical (unpaired) electrons. The number of nitrogens with zero attached hydrogens (tertiary/aromatic N) is 1. The van der Waals surface area contributed by atoms with Crippen LogP contribution in [0.15, 0.2) is 18.2 Å². The Labute approximate surface area is 148 Å². The summed E-state index contributed by atoms with van der Waals surface area (Å²) in [5.41, 5.74) is 1.04. The highest BCUT2D eigenvalue weighted by Gasteiger charge is 2.35. The maximum atomic E-state index is 12.2. The maximum absolute atomic E-state index is 12.2. The molecule has 1 fully saturated rings. The van der Waals surface area contributed by atoms with Crippen molar-refractivity contribution in [2.24, 2.45) is 5.41 Å². The first-order chi connectivity index (χ1) is 11.8. The molecule has 1 aromatic carbocycles. The second-order valence-electron chi connectivity index (χ2n) is 7.01. The van der Waals surface area contributed by atoms with Crippen LogP contribution >= 0.6 is 0 Å². The van der Waals surface area contributed by atoms with Crippen LogP contribution in [0, 0.1) is 5.41 Å². The van der Waals surface area contributed by atoms with Crippen molar-refractivity contribution in [2.75, 3.05) is 32.7 Å². The largest absolute Gasteiger partial charge is 0.454 e. The number of carbonyl (C=O) groups is 1. The number of carbonyl (C=O) groups excluding carboxylic acids is 1. The van der Waals surface area contributed by atoms with Gasteiger partial charge >= 0.3 is 0 Å². The molecule has 0 unspecified atom stereocenters. The van der Waals surface area contributed by atoms with E-state index in [1.54, 1.807) is 4.90 Å². The van der Waals surface area contributed by atoms with Gasteiger partial charge in [0.25, 0.3) is 0 Å². The number of amides is 1. The molecule has 8 heteroatoms. The number of fused-ring (bicyclic) bond motifs is 1. The lowest BCUT2D eigenvalue weighted by molar-refractivity contribution is -0.136. The topological polar surface area (TPSA) is 84.9 Å². The summed E-state index contributed by atoms with van der Waals surface area (Å²) in [6, 6.07) is 5.91. The van der Waals surface area contributed by atoms with E-state index in [1.807, 2.05) is 18.2 Å². The first kappa shape index (κ1) is 18.0.